The number of hydrazine groups is 1. The Kier molecular flexibility index (Phi) is 36.8. The summed E-state index contributed by atoms with van der Waals surface area (Å²) in [6, 6.07) is 22.7. The molecule has 11 nitrogen and oxygen atoms in total. The fraction of sp³-hybridized carbons (Fsp3) is 0.453. The molecule has 4 aromatic rings. The van der Waals surface area contributed by atoms with Crippen molar-refractivity contribution in [3.05, 3.63) is 140 Å². The number of carboxylic acid groups (broad SMARTS) is 1. The van der Waals surface area contributed by atoms with Crippen molar-refractivity contribution in [1.82, 2.24) is 15.8 Å². The molecule has 3 N–H and O–H groups in total. The third-order valence-corrected chi connectivity index (χ3v) is 11.3. The van der Waals surface area contributed by atoms with Crippen molar-refractivity contribution < 1.29 is 143 Å². The number of halogens is 3. The summed E-state index contributed by atoms with van der Waals surface area (Å²) < 4.78 is 0. The second kappa shape index (κ2) is 35.5. The van der Waals surface area contributed by atoms with Gasteiger partial charge in [0.15, 0.2) is 0 Å². The average molecular weight is 1070 g/mol. The minimum atomic E-state index is -1.80. The van der Waals surface area contributed by atoms with Crippen LogP contribution in [0.4, 0.5) is 4.79 Å². The van der Waals surface area contributed by atoms with E-state index >= 15 is 0 Å². The number of nitrogens with one attached hydrogen (secondary N) is 2. The second-order valence-electron chi connectivity index (χ2n) is 18.6. The molecular weight excluding hydrogens is 991 g/mol. The Morgan fingerprint density at radius 2 is 1.04 bits per heavy atom. The van der Waals surface area contributed by atoms with Crippen LogP contribution in [0.3, 0.4) is 0 Å². The molecule has 4 aromatic carbocycles. The van der Waals surface area contributed by atoms with E-state index in [0.717, 1.165) is 69.5 Å². The van der Waals surface area contributed by atoms with E-state index < -0.39 is 11.4 Å². The summed E-state index contributed by atoms with van der Waals surface area (Å²) in [5.41, 5.74) is 13.9. The van der Waals surface area contributed by atoms with E-state index in [0.29, 0.717) is 22.6 Å². The van der Waals surface area contributed by atoms with Crippen LogP contribution in [-0.4, -0.2) is 57.2 Å². The van der Waals surface area contributed by atoms with Gasteiger partial charge >= 0.3 is 109 Å². The summed E-state index contributed by atoms with van der Waals surface area (Å²) in [6.07, 6.45) is 0.00830. The number of carbonyl (C=O) groups excluding carboxylic acids is 4. The quantitative estimate of drug-likeness (QED) is 0.0541. The molecule has 0 aliphatic carbocycles. The Morgan fingerprint density at radius 1 is 0.667 bits per heavy atom. The topological polar surface area (TPSA) is 165 Å². The van der Waals surface area contributed by atoms with Gasteiger partial charge in [-0.05, 0) is 149 Å². The van der Waals surface area contributed by atoms with Gasteiger partial charge < -0.3 is 22.0 Å². The van der Waals surface area contributed by atoms with Gasteiger partial charge in [-0.15, -0.1) is 23.2 Å². The first-order chi connectivity index (χ1) is 31.0. The van der Waals surface area contributed by atoms with Gasteiger partial charge in [-0.25, -0.2) is 9.80 Å². The number of nitrogens with zero attached hydrogens (tertiary/aromatic N) is 1. The maximum Gasteiger partial charge on any atom is 1.00 e. The van der Waals surface area contributed by atoms with Crippen LogP contribution in [0.5, 0.6) is 0 Å². The maximum absolute atomic E-state index is 13.5. The summed E-state index contributed by atoms with van der Waals surface area (Å²) in [5.74, 6) is 0.106. The van der Waals surface area contributed by atoms with E-state index in [1.807, 2.05) is 117 Å². The molecule has 0 saturated carbocycles. The first-order valence-electron chi connectivity index (χ1n) is 22.1. The zero-order valence-corrected chi connectivity index (χ0v) is 52.8. The van der Waals surface area contributed by atoms with Crippen LogP contribution in [0, 0.1) is 72.1 Å². The minimum absolute atomic E-state index is 0. The number of hydrogen-bond acceptors (Lipinski definition) is 7. The van der Waals surface area contributed by atoms with Crippen LogP contribution >= 0.6 is 34.8 Å². The van der Waals surface area contributed by atoms with E-state index in [9.17, 15) is 19.2 Å². The monoisotopic (exact) mass is 1060 g/mol. The molecule has 0 radical (unpaired) electrons. The van der Waals surface area contributed by atoms with Crippen molar-refractivity contribution in [3.63, 3.8) is 0 Å². The molecule has 69 heavy (non-hydrogen) atoms. The largest absolute Gasteiger partial charge is 1.00 e. The van der Waals surface area contributed by atoms with Crippen molar-refractivity contribution in [3.8, 4) is 0 Å². The van der Waals surface area contributed by atoms with Gasteiger partial charge in [0, 0.05) is 28.8 Å². The standard InChI is InChI=1S/C25H34N2O2.C17H27NO.C9H9ClO.CH2Cl2.CH2O4.2K.H/c1-9-22(25(6,7)8)27(24(29)20-14-16(2)13-17(3)15-20)26-23(28)21-12-10-11-18(4)19(21)5;1-7-14(17(4,5)6)11-18-16(19)15-10-8-9-12(2)13(15)3;1-6-3-7(2)5-8(4-6)9(10)11;2-1-3;2-1(3)5-4;;;/h10-15,22H,9H2,1-8H3,(H,26,28);8-10,14H,7,11H2,1-6H3,(H,18,19);3-5H,1-2H3;1H2;4H,(H,2,3);;;/q;;;;;2*+1;-1/p-1. The molecule has 372 valence electrons. The van der Waals surface area contributed by atoms with Crippen LogP contribution < -0.4 is 119 Å². The third kappa shape index (κ3) is 26.7. The number of alkyl halides is 2. The van der Waals surface area contributed by atoms with Crippen LogP contribution in [0.1, 0.15) is 156 Å². The molecule has 0 spiro atoms. The normalized spacial score (nSPS) is 11.1. The Labute approximate surface area is 514 Å². The zero-order valence-electron chi connectivity index (χ0n) is 45.3. The van der Waals surface area contributed by atoms with E-state index in [2.05, 4.69) is 64.1 Å². The molecule has 0 heterocycles. The van der Waals surface area contributed by atoms with Crippen molar-refractivity contribution in [2.24, 2.45) is 16.7 Å². The van der Waals surface area contributed by atoms with Crippen molar-refractivity contribution in [1.29, 1.82) is 0 Å². The summed E-state index contributed by atoms with van der Waals surface area (Å²) in [7, 11) is 0. The van der Waals surface area contributed by atoms with Gasteiger partial charge in [0.05, 0.1) is 11.4 Å². The Balaban J connectivity index is -0.000000456. The number of carbonyl (C=O) groups is 5. The molecule has 0 fully saturated rings. The van der Waals surface area contributed by atoms with E-state index in [-0.39, 0.29) is 144 Å². The SMILES string of the molecule is CCC(CNC(=O)c1cccc(C)c1C)C(C)(C)C.CCC(N(NC(=O)c1cccc(C)c1C)C(=O)c1cc(C)cc(C)c1)C(C)(C)C.Cc1cc(C)cc(C(=O)Cl)c1.ClCCl.O=C(O)O[O-].[H-].[K+].[K+]. The fourth-order valence-corrected chi connectivity index (χ4v) is 7.42. The predicted octanol–water partition coefficient (Wildman–Crippen LogP) is 6.82. The van der Waals surface area contributed by atoms with E-state index in [1.54, 1.807) is 18.2 Å². The summed E-state index contributed by atoms with van der Waals surface area (Å²) in [5, 5.41) is 20.1. The first kappa shape index (κ1) is 71.6. The van der Waals surface area contributed by atoms with Gasteiger partial charge in [-0.1, -0.05) is 120 Å². The summed E-state index contributed by atoms with van der Waals surface area (Å²) >= 11 is 14.8. The smallest absolute Gasteiger partial charge is 1.00 e. The summed E-state index contributed by atoms with van der Waals surface area (Å²) in [6.45, 7) is 33.7. The van der Waals surface area contributed by atoms with Crippen molar-refractivity contribution >= 4 is 63.9 Å². The van der Waals surface area contributed by atoms with Gasteiger partial charge in [-0.3, -0.25) is 24.6 Å². The average Bonchev–Trinajstić information content (AvgIpc) is 3.21. The van der Waals surface area contributed by atoms with Gasteiger partial charge in [0.1, 0.15) is 0 Å². The fourth-order valence-electron chi connectivity index (χ4n) is 7.32. The van der Waals surface area contributed by atoms with Crippen LogP contribution in [-0.2, 0) is 4.89 Å². The number of hydrogen-bond donors (Lipinski definition) is 3. The number of amides is 3. The Morgan fingerprint density at radius 3 is 1.36 bits per heavy atom. The van der Waals surface area contributed by atoms with Crippen LogP contribution in [0.2, 0.25) is 0 Å². The Bertz CT molecular complexity index is 2230. The molecule has 0 aliphatic rings. The van der Waals surface area contributed by atoms with Crippen molar-refractivity contribution in [2.45, 2.75) is 130 Å². The van der Waals surface area contributed by atoms with Crippen LogP contribution in [0.15, 0.2) is 72.8 Å². The molecule has 2 unspecified atom stereocenters. The summed E-state index contributed by atoms with van der Waals surface area (Å²) in [4.78, 5) is 60.9. The Hall–Kier alpha value is -1.67. The van der Waals surface area contributed by atoms with Crippen molar-refractivity contribution in [2.75, 3.05) is 11.9 Å². The molecule has 2 atom stereocenters. The predicted molar refractivity (Wildman–Crippen MR) is 273 cm³/mol. The molecule has 3 amide bonds. The number of aryl methyl sites for hydroxylation is 6. The van der Waals surface area contributed by atoms with Gasteiger partial charge in [0.2, 0.25) is 0 Å². The van der Waals surface area contributed by atoms with E-state index in [4.69, 9.17) is 50.0 Å². The first-order valence-corrected chi connectivity index (χ1v) is 23.5. The molecule has 0 aliphatic heterocycles. The number of rotatable bonds is 9. The second-order valence-corrected chi connectivity index (χ2v) is 19.7. The molecule has 0 bridgehead atoms. The third-order valence-electron chi connectivity index (χ3n) is 11.1. The maximum atomic E-state index is 13.5. The van der Waals surface area contributed by atoms with E-state index in [1.165, 1.54) is 5.01 Å². The minimum Gasteiger partial charge on any atom is -1.00 e. The molecule has 0 saturated heterocycles. The van der Waals surface area contributed by atoms with Gasteiger partial charge in [-0.2, -0.15) is 0 Å². The van der Waals surface area contributed by atoms with Crippen LogP contribution in [0.25, 0.3) is 0 Å². The number of benzene rings is 4. The molecular formula is C53H74Cl3K2N3O8. The zero-order chi connectivity index (χ0) is 52.0. The molecule has 16 heteroatoms. The van der Waals surface area contributed by atoms with Gasteiger partial charge in [0.25, 0.3) is 23.0 Å². The molecule has 0 aromatic heterocycles. The molecule has 4 rings (SSSR count).